The van der Waals surface area contributed by atoms with Gasteiger partial charge in [0.1, 0.15) is 0 Å². The Kier molecular flexibility index (Phi) is 4.14. The summed E-state index contributed by atoms with van der Waals surface area (Å²) in [4.78, 5) is 13.2. The number of aromatic nitrogens is 1. The molecule has 0 amide bonds. The number of rotatable bonds is 3. The van der Waals surface area contributed by atoms with E-state index in [0.29, 0.717) is 23.6 Å². The first-order valence-electron chi connectivity index (χ1n) is 9.20. The Balaban J connectivity index is 1.97. The van der Waals surface area contributed by atoms with E-state index in [-0.39, 0.29) is 34.4 Å². The predicted molar refractivity (Wildman–Crippen MR) is 103 cm³/mol. The fourth-order valence-corrected chi connectivity index (χ4v) is 4.28. The monoisotopic (exact) mass is 384 g/mol. The van der Waals surface area contributed by atoms with Crippen molar-refractivity contribution < 1.29 is 23.9 Å². The fraction of sp³-hybridized carbons (Fsp3) is 0.429. The zero-order chi connectivity index (χ0) is 20.2. The number of methoxy groups -OCH3 is 2. The molecule has 7 nitrogen and oxygen atoms in total. The number of benzene rings is 1. The number of carbonyl (C=O) groups is 1. The minimum atomic E-state index is -0.371. The van der Waals surface area contributed by atoms with Crippen LogP contribution in [0.3, 0.4) is 0 Å². The van der Waals surface area contributed by atoms with E-state index in [1.807, 2.05) is 6.92 Å². The first-order chi connectivity index (χ1) is 13.3. The second-order valence-electron chi connectivity index (χ2n) is 8.18. The molecule has 4 rings (SSSR count). The van der Waals surface area contributed by atoms with Crippen LogP contribution in [0.1, 0.15) is 49.4 Å². The van der Waals surface area contributed by atoms with E-state index in [4.69, 9.17) is 14.0 Å². The van der Waals surface area contributed by atoms with Crippen LogP contribution in [0.5, 0.6) is 17.2 Å². The molecule has 1 atom stereocenters. The van der Waals surface area contributed by atoms with Gasteiger partial charge in [0.25, 0.3) is 0 Å². The molecule has 1 aliphatic heterocycles. The highest BCUT2D eigenvalue weighted by atomic mass is 16.5. The molecule has 1 aliphatic carbocycles. The Morgan fingerprint density at radius 2 is 1.86 bits per heavy atom. The van der Waals surface area contributed by atoms with Crippen LogP contribution in [-0.2, 0) is 4.79 Å². The summed E-state index contributed by atoms with van der Waals surface area (Å²) in [7, 11) is 2.96. The van der Waals surface area contributed by atoms with Crippen molar-refractivity contribution in [1.29, 1.82) is 0 Å². The van der Waals surface area contributed by atoms with E-state index < -0.39 is 0 Å². The number of nitrogens with one attached hydrogen (secondary N) is 1. The molecule has 1 unspecified atom stereocenters. The maximum atomic E-state index is 13.2. The van der Waals surface area contributed by atoms with Gasteiger partial charge in [0.15, 0.2) is 17.3 Å². The number of carbonyl (C=O) groups excluding carboxylic acids is 1. The van der Waals surface area contributed by atoms with Crippen LogP contribution in [0, 0.1) is 12.3 Å². The van der Waals surface area contributed by atoms with Gasteiger partial charge in [-0.3, -0.25) is 4.79 Å². The number of phenols is 1. The summed E-state index contributed by atoms with van der Waals surface area (Å²) >= 11 is 0. The first-order valence-corrected chi connectivity index (χ1v) is 9.20. The summed E-state index contributed by atoms with van der Waals surface area (Å²) < 4.78 is 16.2. The van der Waals surface area contributed by atoms with Crippen molar-refractivity contribution in [3.8, 4) is 17.2 Å². The number of anilines is 1. The average molecular weight is 384 g/mol. The normalized spacial score (nSPS) is 20.3. The number of aryl methyl sites for hydroxylation is 1. The number of ether oxygens (including phenoxy) is 2. The van der Waals surface area contributed by atoms with Gasteiger partial charge in [0, 0.05) is 23.6 Å². The number of aromatic hydroxyl groups is 1. The Hall–Kier alpha value is -2.96. The highest BCUT2D eigenvalue weighted by Crippen LogP contribution is 2.51. The molecule has 7 heteroatoms. The number of phenolic OH excluding ortho intramolecular Hbond substituents is 1. The smallest absolute Gasteiger partial charge is 0.233 e. The van der Waals surface area contributed by atoms with E-state index in [0.717, 1.165) is 23.2 Å². The van der Waals surface area contributed by atoms with E-state index >= 15 is 0 Å². The van der Waals surface area contributed by atoms with Gasteiger partial charge in [0.2, 0.25) is 11.6 Å². The summed E-state index contributed by atoms with van der Waals surface area (Å²) in [5.41, 5.74) is 3.75. The van der Waals surface area contributed by atoms with Gasteiger partial charge in [-0.25, -0.2) is 0 Å². The van der Waals surface area contributed by atoms with Gasteiger partial charge < -0.3 is 24.4 Å². The molecule has 1 aromatic heterocycles. The fourth-order valence-electron chi connectivity index (χ4n) is 4.28. The minimum Gasteiger partial charge on any atom is -0.502 e. The van der Waals surface area contributed by atoms with Gasteiger partial charge in [-0.05, 0) is 36.5 Å². The molecule has 0 bridgehead atoms. The van der Waals surface area contributed by atoms with Crippen LogP contribution in [0.15, 0.2) is 27.9 Å². The van der Waals surface area contributed by atoms with Gasteiger partial charge in [-0.1, -0.05) is 19.0 Å². The molecule has 2 N–H and O–H groups in total. The van der Waals surface area contributed by atoms with Crippen molar-refractivity contribution in [3.05, 3.63) is 40.2 Å². The SMILES string of the molecule is COc1cc(C2C3=C(CC(C)(C)CC3=O)Nc3onc(C)c32)cc(OC)c1O. The largest absolute Gasteiger partial charge is 0.502 e. The Labute approximate surface area is 163 Å². The zero-order valence-electron chi connectivity index (χ0n) is 16.7. The lowest BCUT2D eigenvalue weighted by Crippen LogP contribution is -2.33. The second-order valence-corrected chi connectivity index (χ2v) is 8.18. The summed E-state index contributed by atoms with van der Waals surface area (Å²) in [5, 5.41) is 17.7. The molecule has 2 aliphatic rings. The van der Waals surface area contributed by atoms with Gasteiger partial charge in [-0.2, -0.15) is 0 Å². The van der Waals surface area contributed by atoms with Gasteiger partial charge >= 0.3 is 0 Å². The van der Waals surface area contributed by atoms with E-state index in [2.05, 4.69) is 24.3 Å². The molecule has 2 aromatic rings. The first kappa shape index (κ1) is 18.4. The maximum Gasteiger partial charge on any atom is 0.233 e. The third kappa shape index (κ3) is 2.73. The summed E-state index contributed by atoms with van der Waals surface area (Å²) in [6.45, 7) is 6.02. The van der Waals surface area contributed by atoms with Crippen LogP contribution in [-0.4, -0.2) is 30.3 Å². The van der Waals surface area contributed by atoms with E-state index in [1.165, 1.54) is 14.2 Å². The highest BCUT2D eigenvalue weighted by Gasteiger charge is 2.43. The molecule has 0 radical (unpaired) electrons. The van der Waals surface area contributed by atoms with Crippen LogP contribution >= 0.6 is 0 Å². The minimum absolute atomic E-state index is 0.0738. The number of nitrogens with zero attached hydrogens (tertiary/aromatic N) is 1. The predicted octanol–water partition coefficient (Wildman–Crippen LogP) is 3.91. The molecule has 0 spiro atoms. The van der Waals surface area contributed by atoms with Crippen LogP contribution in [0.25, 0.3) is 0 Å². The highest BCUT2D eigenvalue weighted by molar-refractivity contribution is 6.01. The summed E-state index contributed by atoms with van der Waals surface area (Å²) in [6.07, 6.45) is 1.20. The zero-order valence-corrected chi connectivity index (χ0v) is 16.7. The number of Topliss-reactive ketones (excluding diaryl/α,β-unsaturated/α-hetero) is 1. The molecular weight excluding hydrogens is 360 g/mol. The molecule has 0 saturated heterocycles. The quantitative estimate of drug-likeness (QED) is 0.829. The standard InChI is InChI=1S/C21H24N2O5/c1-10-16-17(11-6-14(26-4)19(25)15(7-11)27-5)18-12(22-20(16)28-23-10)8-21(2,3)9-13(18)24/h6-7,17,22,25H,8-9H2,1-5H3. The van der Waals surface area contributed by atoms with Crippen molar-refractivity contribution in [2.24, 2.45) is 5.41 Å². The number of allylic oxidation sites excluding steroid dienone is 2. The lowest BCUT2D eigenvalue weighted by molar-refractivity contribution is -0.118. The second kappa shape index (κ2) is 6.29. The topological polar surface area (TPSA) is 93.8 Å². The van der Waals surface area contributed by atoms with Crippen molar-refractivity contribution in [3.63, 3.8) is 0 Å². The summed E-state index contributed by atoms with van der Waals surface area (Å²) in [6, 6.07) is 3.48. The molecule has 148 valence electrons. The lowest BCUT2D eigenvalue weighted by atomic mass is 9.69. The molecule has 0 saturated carbocycles. The molecule has 1 aromatic carbocycles. The van der Waals surface area contributed by atoms with Crippen molar-refractivity contribution in [2.75, 3.05) is 19.5 Å². The molecule has 2 heterocycles. The Bertz CT molecular complexity index is 977. The molecule has 0 fully saturated rings. The third-order valence-corrected chi connectivity index (χ3v) is 5.51. The Morgan fingerprint density at radius 3 is 2.46 bits per heavy atom. The van der Waals surface area contributed by atoms with E-state index in [1.54, 1.807) is 12.1 Å². The van der Waals surface area contributed by atoms with Gasteiger partial charge in [0.05, 0.1) is 25.5 Å². The molecular formula is C21H24N2O5. The number of hydrogen-bond acceptors (Lipinski definition) is 7. The van der Waals surface area contributed by atoms with E-state index in [9.17, 15) is 9.90 Å². The Morgan fingerprint density at radius 1 is 1.21 bits per heavy atom. The van der Waals surface area contributed by atoms with Crippen molar-refractivity contribution in [1.82, 2.24) is 5.16 Å². The summed E-state index contributed by atoms with van der Waals surface area (Å²) in [5.74, 6) is 0.780. The maximum absolute atomic E-state index is 13.2. The van der Waals surface area contributed by atoms with Crippen LogP contribution in [0.2, 0.25) is 0 Å². The van der Waals surface area contributed by atoms with Gasteiger partial charge in [-0.15, -0.1) is 0 Å². The molecule has 28 heavy (non-hydrogen) atoms. The number of fused-ring (bicyclic) bond motifs is 1. The number of hydrogen-bond donors (Lipinski definition) is 2. The van der Waals surface area contributed by atoms with Crippen molar-refractivity contribution in [2.45, 2.75) is 39.5 Å². The van der Waals surface area contributed by atoms with Crippen LogP contribution < -0.4 is 14.8 Å². The lowest BCUT2D eigenvalue weighted by Gasteiger charge is -2.37. The van der Waals surface area contributed by atoms with Crippen LogP contribution in [0.4, 0.5) is 5.88 Å². The third-order valence-electron chi connectivity index (χ3n) is 5.51. The number of ketones is 1. The van der Waals surface area contributed by atoms with Crippen molar-refractivity contribution >= 4 is 11.7 Å². The average Bonchev–Trinajstić information content (AvgIpc) is 3.00.